The van der Waals surface area contributed by atoms with E-state index < -0.39 is 17.9 Å². The van der Waals surface area contributed by atoms with Gasteiger partial charge in [0.15, 0.2) is 0 Å². The summed E-state index contributed by atoms with van der Waals surface area (Å²) in [5, 5.41) is 9.28. The van der Waals surface area contributed by atoms with E-state index in [0.717, 1.165) is 25.7 Å². The van der Waals surface area contributed by atoms with Crippen LogP contribution >= 0.6 is 0 Å². The number of rotatable bonds is 26. The molecule has 0 saturated carbocycles. The first kappa shape index (κ1) is 32.4. The number of ether oxygens (including phenoxy) is 1. The molecule has 1 atom stereocenters. The van der Waals surface area contributed by atoms with Crippen LogP contribution in [0.5, 0.6) is 0 Å². The van der Waals surface area contributed by atoms with Crippen LogP contribution in [0.3, 0.4) is 0 Å². The zero-order chi connectivity index (χ0) is 25.1. The Morgan fingerprint density at radius 3 is 1.59 bits per heavy atom. The van der Waals surface area contributed by atoms with Gasteiger partial charge in [0, 0.05) is 0 Å². The average Bonchev–Trinajstić information content (AvgIpc) is 2.82. The first-order valence-corrected chi connectivity index (χ1v) is 14.3. The highest BCUT2D eigenvalue weighted by molar-refractivity contribution is 5.78. The fourth-order valence-corrected chi connectivity index (χ4v) is 4.31. The number of hydrogen-bond acceptors (Lipinski definition) is 3. The van der Waals surface area contributed by atoms with Crippen LogP contribution < -0.4 is 0 Å². The Morgan fingerprint density at radius 1 is 0.735 bits per heavy atom. The largest absolute Gasteiger partial charge is 0.481 e. The minimum absolute atomic E-state index is 0.0413. The molecule has 1 N–H and O–H groups in total. The van der Waals surface area contributed by atoms with Crippen LogP contribution in [-0.2, 0) is 14.3 Å². The zero-order valence-corrected chi connectivity index (χ0v) is 22.2. The molecule has 0 rings (SSSR count). The van der Waals surface area contributed by atoms with E-state index in [0.29, 0.717) is 6.42 Å². The third-order valence-electron chi connectivity index (χ3n) is 6.45. The van der Waals surface area contributed by atoms with Crippen LogP contribution in [0, 0.1) is 5.92 Å². The van der Waals surface area contributed by atoms with Crippen LogP contribution in [0.15, 0.2) is 24.8 Å². The molecule has 0 bridgehead atoms. The van der Waals surface area contributed by atoms with Crippen molar-refractivity contribution in [3.8, 4) is 0 Å². The minimum Gasteiger partial charge on any atom is -0.481 e. The molecule has 0 aromatic carbocycles. The quantitative estimate of drug-likeness (QED) is 0.0764. The van der Waals surface area contributed by atoms with E-state index in [1.807, 2.05) is 0 Å². The number of aliphatic carboxylic acids is 1. The second kappa shape index (κ2) is 26.0. The van der Waals surface area contributed by atoms with Gasteiger partial charge >= 0.3 is 11.9 Å². The maximum Gasteiger partial charge on any atom is 0.307 e. The molecule has 4 nitrogen and oxygen atoms in total. The Bertz CT molecular complexity index is 512. The van der Waals surface area contributed by atoms with Crippen molar-refractivity contribution in [2.24, 2.45) is 5.92 Å². The van der Waals surface area contributed by atoms with Gasteiger partial charge in [-0.05, 0) is 25.7 Å². The number of unbranched alkanes of at least 4 members (excludes halogenated alkanes) is 17. The minimum atomic E-state index is -0.901. The van der Waals surface area contributed by atoms with E-state index in [1.165, 1.54) is 102 Å². The summed E-state index contributed by atoms with van der Waals surface area (Å²) in [4.78, 5) is 22.9. The average molecular weight is 479 g/mol. The van der Waals surface area contributed by atoms with Crippen molar-refractivity contribution < 1.29 is 19.4 Å². The maximum absolute atomic E-state index is 11.6. The molecule has 0 aliphatic rings. The Hall–Kier alpha value is -1.58. The van der Waals surface area contributed by atoms with Crippen molar-refractivity contribution in [2.45, 2.75) is 142 Å². The number of carbonyl (C=O) groups is 2. The van der Waals surface area contributed by atoms with Gasteiger partial charge in [-0.3, -0.25) is 9.59 Å². The lowest BCUT2D eigenvalue weighted by Crippen LogP contribution is -2.19. The van der Waals surface area contributed by atoms with E-state index in [4.69, 9.17) is 4.74 Å². The Labute approximate surface area is 210 Å². The highest BCUT2D eigenvalue weighted by atomic mass is 16.5. The molecule has 198 valence electrons. The van der Waals surface area contributed by atoms with Crippen LogP contribution in [0.25, 0.3) is 0 Å². The van der Waals surface area contributed by atoms with Crippen molar-refractivity contribution in [1.29, 1.82) is 0 Å². The van der Waals surface area contributed by atoms with Crippen LogP contribution in [0.4, 0.5) is 0 Å². The van der Waals surface area contributed by atoms with Crippen molar-refractivity contribution in [3.05, 3.63) is 24.8 Å². The van der Waals surface area contributed by atoms with Gasteiger partial charge in [0.2, 0.25) is 0 Å². The van der Waals surface area contributed by atoms with Crippen molar-refractivity contribution in [3.63, 3.8) is 0 Å². The van der Waals surface area contributed by atoms with Gasteiger partial charge in [0.1, 0.15) is 6.61 Å². The molecule has 0 radical (unpaired) electrons. The van der Waals surface area contributed by atoms with Gasteiger partial charge in [-0.15, -0.1) is 0 Å². The number of carbonyl (C=O) groups excluding carboxylic acids is 1. The van der Waals surface area contributed by atoms with Gasteiger partial charge in [0.05, 0.1) is 12.3 Å². The standard InChI is InChI=1S/C30H54O4/c1-3-5-6-7-8-9-10-11-12-13-14-15-16-17-18-19-20-21-22-23-24-25-28(30(32)33)27-29(31)34-26-4-2/h4-6,28H,2-3,7-27H2,1H3,(H,32,33)/b6-5+. The summed E-state index contributed by atoms with van der Waals surface area (Å²) >= 11 is 0. The second-order valence-electron chi connectivity index (χ2n) is 9.68. The van der Waals surface area contributed by atoms with Gasteiger partial charge in [-0.2, -0.15) is 0 Å². The first-order chi connectivity index (χ1) is 16.6. The molecule has 34 heavy (non-hydrogen) atoms. The van der Waals surface area contributed by atoms with Crippen LogP contribution in [0.1, 0.15) is 142 Å². The number of allylic oxidation sites excluding steroid dienone is 2. The molecule has 0 aliphatic carbocycles. The molecule has 0 aromatic rings. The van der Waals surface area contributed by atoms with E-state index in [-0.39, 0.29) is 13.0 Å². The first-order valence-electron chi connectivity index (χ1n) is 14.3. The molecule has 0 fully saturated rings. The third kappa shape index (κ3) is 23.6. The van der Waals surface area contributed by atoms with E-state index >= 15 is 0 Å². The molecular formula is C30H54O4. The molecule has 0 spiro atoms. The monoisotopic (exact) mass is 478 g/mol. The summed E-state index contributed by atoms with van der Waals surface area (Å²) in [7, 11) is 0. The zero-order valence-electron chi connectivity index (χ0n) is 22.2. The van der Waals surface area contributed by atoms with Gasteiger partial charge in [-0.1, -0.05) is 134 Å². The highest BCUT2D eigenvalue weighted by Crippen LogP contribution is 2.18. The molecule has 0 aliphatic heterocycles. The fraction of sp³-hybridized carbons (Fsp3) is 0.800. The Morgan fingerprint density at radius 2 is 1.18 bits per heavy atom. The SMILES string of the molecule is C=CCOC(=O)CC(CCCCCCCCCCCCCCCCCCC/C=C/CC)C(=O)O. The number of esters is 1. The van der Waals surface area contributed by atoms with Gasteiger partial charge < -0.3 is 9.84 Å². The van der Waals surface area contributed by atoms with Crippen molar-refractivity contribution >= 4 is 11.9 Å². The van der Waals surface area contributed by atoms with Crippen LogP contribution in [-0.4, -0.2) is 23.7 Å². The van der Waals surface area contributed by atoms with E-state index in [2.05, 4.69) is 25.7 Å². The van der Waals surface area contributed by atoms with Crippen molar-refractivity contribution in [1.82, 2.24) is 0 Å². The lowest BCUT2D eigenvalue weighted by Gasteiger charge is -2.11. The molecule has 1 unspecified atom stereocenters. The summed E-state index contributed by atoms with van der Waals surface area (Å²) in [6.45, 7) is 5.82. The Balaban J connectivity index is 3.35. The summed E-state index contributed by atoms with van der Waals surface area (Å²) in [5.41, 5.74) is 0. The predicted molar refractivity (Wildman–Crippen MR) is 144 cm³/mol. The van der Waals surface area contributed by atoms with Crippen LogP contribution in [0.2, 0.25) is 0 Å². The molecule has 0 saturated heterocycles. The maximum atomic E-state index is 11.6. The fourth-order valence-electron chi connectivity index (χ4n) is 4.31. The second-order valence-corrected chi connectivity index (χ2v) is 9.68. The molecular weight excluding hydrogens is 424 g/mol. The lowest BCUT2D eigenvalue weighted by molar-refractivity contribution is -0.151. The number of hydrogen-bond donors (Lipinski definition) is 1. The summed E-state index contributed by atoms with van der Waals surface area (Å²) in [5.74, 6) is -1.98. The lowest BCUT2D eigenvalue weighted by atomic mass is 9.97. The number of carboxylic acid groups (broad SMARTS) is 1. The highest BCUT2D eigenvalue weighted by Gasteiger charge is 2.21. The topological polar surface area (TPSA) is 63.6 Å². The van der Waals surface area contributed by atoms with Crippen molar-refractivity contribution in [2.75, 3.05) is 6.61 Å². The third-order valence-corrected chi connectivity index (χ3v) is 6.45. The molecule has 0 heterocycles. The van der Waals surface area contributed by atoms with E-state index in [1.54, 1.807) is 0 Å². The number of carboxylic acids is 1. The smallest absolute Gasteiger partial charge is 0.307 e. The predicted octanol–water partition coefficient (Wildman–Crippen LogP) is 9.18. The van der Waals surface area contributed by atoms with Gasteiger partial charge in [-0.25, -0.2) is 0 Å². The van der Waals surface area contributed by atoms with E-state index in [9.17, 15) is 14.7 Å². The summed E-state index contributed by atoms with van der Waals surface area (Å²) < 4.78 is 4.90. The molecule has 0 aromatic heterocycles. The molecule has 4 heteroatoms. The summed E-state index contributed by atoms with van der Waals surface area (Å²) in [6, 6.07) is 0. The normalized spacial score (nSPS) is 12.1. The van der Waals surface area contributed by atoms with Gasteiger partial charge in [0.25, 0.3) is 0 Å². The summed E-state index contributed by atoms with van der Waals surface area (Å²) in [6.07, 6.45) is 31.2. The Kier molecular flexibility index (Phi) is 24.8. The molecule has 0 amide bonds.